The highest BCUT2D eigenvalue weighted by Gasteiger charge is 2.23. The van der Waals surface area contributed by atoms with Crippen LogP contribution in [0.25, 0.3) is 0 Å². The predicted molar refractivity (Wildman–Crippen MR) is 95.8 cm³/mol. The van der Waals surface area contributed by atoms with Crippen molar-refractivity contribution in [3.63, 3.8) is 0 Å². The predicted octanol–water partition coefficient (Wildman–Crippen LogP) is 2.65. The van der Waals surface area contributed by atoms with Crippen LogP contribution in [0.5, 0.6) is 0 Å². The molecule has 1 saturated heterocycles. The fourth-order valence-corrected chi connectivity index (χ4v) is 2.86. The Balaban J connectivity index is 1.93. The molecule has 1 fully saturated rings. The van der Waals surface area contributed by atoms with Gasteiger partial charge in [-0.15, -0.1) is 0 Å². The van der Waals surface area contributed by atoms with E-state index < -0.39 is 4.92 Å². The number of nitrogens with one attached hydrogen (secondary N) is 1. The number of ether oxygens (including phenoxy) is 1. The van der Waals surface area contributed by atoms with Crippen molar-refractivity contribution in [2.24, 2.45) is 5.10 Å². The summed E-state index contributed by atoms with van der Waals surface area (Å²) < 4.78 is 7.46. The summed E-state index contributed by atoms with van der Waals surface area (Å²) >= 11 is 5.21. The summed E-state index contributed by atoms with van der Waals surface area (Å²) in [6.45, 7) is 0.687. The van der Waals surface area contributed by atoms with E-state index in [1.165, 1.54) is 17.0 Å². The van der Waals surface area contributed by atoms with Gasteiger partial charge in [0, 0.05) is 32.3 Å². The Hall–Kier alpha value is -2.59. The summed E-state index contributed by atoms with van der Waals surface area (Å²) in [5.74, 6) is 0.609. The molecule has 10 heteroatoms. The normalized spacial score (nSPS) is 17.3. The van der Waals surface area contributed by atoms with Gasteiger partial charge in [-0.05, 0) is 31.1 Å². The van der Waals surface area contributed by atoms with Crippen molar-refractivity contribution in [2.75, 3.05) is 25.6 Å². The molecule has 0 aliphatic carbocycles. The van der Waals surface area contributed by atoms with E-state index in [4.69, 9.17) is 17.0 Å². The standard InChI is InChI=1S/C15H18N6O3S/c1-19(2)11-6-5-10(8-12(11)21(22)23)9-16-20-14(17-18-15(20)25)13-4-3-7-24-13/h5-6,8-9,13H,3-4,7H2,1-2H3,(H,18,25)/b16-9-/t13-/m1/s1. The molecule has 1 N–H and O–H groups in total. The molecule has 0 unspecified atom stereocenters. The molecule has 1 aliphatic rings. The summed E-state index contributed by atoms with van der Waals surface area (Å²) in [6, 6.07) is 4.94. The van der Waals surface area contributed by atoms with Gasteiger partial charge in [0.2, 0.25) is 4.77 Å². The first-order chi connectivity index (χ1) is 12.0. The van der Waals surface area contributed by atoms with Gasteiger partial charge < -0.3 is 9.64 Å². The first-order valence-electron chi connectivity index (χ1n) is 7.76. The molecule has 2 heterocycles. The molecule has 3 rings (SSSR count). The minimum absolute atomic E-state index is 0.0177. The minimum atomic E-state index is -0.409. The quantitative estimate of drug-likeness (QED) is 0.380. The molecule has 0 amide bonds. The smallest absolute Gasteiger partial charge is 0.293 e. The topological polar surface area (TPSA) is 102 Å². The summed E-state index contributed by atoms with van der Waals surface area (Å²) in [7, 11) is 3.52. The average Bonchev–Trinajstić information content (AvgIpc) is 3.22. The second-order valence-corrected chi connectivity index (χ2v) is 6.23. The molecule has 25 heavy (non-hydrogen) atoms. The van der Waals surface area contributed by atoms with Gasteiger partial charge in [-0.25, -0.2) is 0 Å². The Kier molecular flexibility index (Phi) is 4.91. The van der Waals surface area contributed by atoms with Crippen molar-refractivity contribution in [1.82, 2.24) is 14.9 Å². The maximum Gasteiger partial charge on any atom is 0.293 e. The van der Waals surface area contributed by atoms with Crippen LogP contribution in [-0.2, 0) is 4.74 Å². The van der Waals surface area contributed by atoms with Gasteiger partial charge in [0.25, 0.3) is 5.69 Å². The first kappa shape index (κ1) is 17.2. The highest BCUT2D eigenvalue weighted by atomic mass is 32.1. The summed E-state index contributed by atoms with van der Waals surface area (Å²) in [5, 5.41) is 22.5. The minimum Gasteiger partial charge on any atom is -0.372 e. The number of nitro groups is 1. The van der Waals surface area contributed by atoms with Gasteiger partial charge in [-0.2, -0.15) is 14.9 Å². The van der Waals surface area contributed by atoms with E-state index in [0.29, 0.717) is 28.5 Å². The van der Waals surface area contributed by atoms with E-state index in [1.807, 2.05) is 0 Å². The third-order valence-corrected chi connectivity index (χ3v) is 4.16. The van der Waals surface area contributed by atoms with Gasteiger partial charge in [0.05, 0.1) is 11.1 Å². The molecular weight excluding hydrogens is 344 g/mol. The van der Waals surface area contributed by atoms with Crippen LogP contribution in [0.3, 0.4) is 0 Å². The number of nitro benzene ring substituents is 1. The summed E-state index contributed by atoms with van der Waals surface area (Å²) in [6.07, 6.45) is 3.20. The van der Waals surface area contributed by atoms with E-state index in [0.717, 1.165) is 12.8 Å². The Morgan fingerprint density at radius 3 is 3.00 bits per heavy atom. The molecule has 1 atom stereocenters. The Bertz CT molecular complexity index is 866. The Morgan fingerprint density at radius 2 is 2.36 bits per heavy atom. The summed E-state index contributed by atoms with van der Waals surface area (Å²) in [4.78, 5) is 12.6. The monoisotopic (exact) mass is 362 g/mol. The zero-order valence-electron chi connectivity index (χ0n) is 13.9. The van der Waals surface area contributed by atoms with Crippen LogP contribution in [0, 0.1) is 14.9 Å². The van der Waals surface area contributed by atoms with Crippen molar-refractivity contribution in [1.29, 1.82) is 0 Å². The van der Waals surface area contributed by atoms with Crippen molar-refractivity contribution in [3.8, 4) is 0 Å². The largest absolute Gasteiger partial charge is 0.372 e. The second-order valence-electron chi connectivity index (χ2n) is 5.84. The fraction of sp³-hybridized carbons (Fsp3) is 0.400. The number of nitrogens with zero attached hydrogens (tertiary/aromatic N) is 5. The number of hydrogen-bond acceptors (Lipinski definition) is 7. The van der Waals surface area contributed by atoms with Gasteiger partial charge >= 0.3 is 0 Å². The third kappa shape index (κ3) is 3.59. The molecule has 9 nitrogen and oxygen atoms in total. The van der Waals surface area contributed by atoms with Gasteiger partial charge in [-0.1, -0.05) is 6.07 Å². The van der Waals surface area contributed by atoms with Crippen molar-refractivity contribution < 1.29 is 9.66 Å². The molecule has 0 saturated carbocycles. The van der Waals surface area contributed by atoms with E-state index in [-0.39, 0.29) is 11.8 Å². The van der Waals surface area contributed by atoms with Crippen molar-refractivity contribution in [2.45, 2.75) is 18.9 Å². The number of anilines is 1. The van der Waals surface area contributed by atoms with Crippen LogP contribution in [0.2, 0.25) is 0 Å². The number of rotatable bonds is 5. The number of benzene rings is 1. The third-order valence-electron chi connectivity index (χ3n) is 3.89. The van der Waals surface area contributed by atoms with E-state index in [1.54, 1.807) is 31.1 Å². The molecule has 0 radical (unpaired) electrons. The second kappa shape index (κ2) is 7.11. The lowest BCUT2D eigenvalue weighted by Crippen LogP contribution is -2.11. The maximum absolute atomic E-state index is 11.3. The van der Waals surface area contributed by atoms with Gasteiger partial charge in [0.15, 0.2) is 5.82 Å². The average molecular weight is 362 g/mol. The fourth-order valence-electron chi connectivity index (χ4n) is 2.67. The number of hydrogen-bond donors (Lipinski definition) is 1. The van der Waals surface area contributed by atoms with Gasteiger partial charge in [-0.3, -0.25) is 15.2 Å². The van der Waals surface area contributed by atoms with Crippen LogP contribution < -0.4 is 4.90 Å². The maximum atomic E-state index is 11.3. The van der Waals surface area contributed by atoms with Crippen LogP contribution >= 0.6 is 12.2 Å². The highest BCUT2D eigenvalue weighted by molar-refractivity contribution is 7.71. The van der Waals surface area contributed by atoms with Crippen molar-refractivity contribution >= 4 is 29.8 Å². The Labute approximate surface area is 149 Å². The number of aromatic nitrogens is 3. The zero-order chi connectivity index (χ0) is 18.0. The zero-order valence-corrected chi connectivity index (χ0v) is 14.7. The van der Waals surface area contributed by atoms with E-state index in [2.05, 4.69) is 15.3 Å². The molecule has 1 aliphatic heterocycles. The van der Waals surface area contributed by atoms with Crippen LogP contribution in [0.4, 0.5) is 11.4 Å². The molecule has 2 aromatic rings. The lowest BCUT2D eigenvalue weighted by atomic mass is 10.2. The molecule has 1 aromatic carbocycles. The SMILES string of the molecule is CN(C)c1ccc(/C=N\n2c([C@H]3CCCO3)n[nH]c2=S)cc1[N+](=O)[O-]. The van der Waals surface area contributed by atoms with Gasteiger partial charge in [0.1, 0.15) is 11.8 Å². The van der Waals surface area contributed by atoms with Crippen molar-refractivity contribution in [3.05, 3.63) is 44.5 Å². The molecular formula is C15H18N6O3S. The highest BCUT2D eigenvalue weighted by Crippen LogP contribution is 2.28. The van der Waals surface area contributed by atoms with E-state index >= 15 is 0 Å². The van der Waals surface area contributed by atoms with Crippen LogP contribution in [-0.4, -0.2) is 46.7 Å². The molecule has 0 bridgehead atoms. The van der Waals surface area contributed by atoms with Crippen LogP contribution in [0.15, 0.2) is 23.3 Å². The lowest BCUT2D eigenvalue weighted by molar-refractivity contribution is -0.384. The Morgan fingerprint density at radius 1 is 1.56 bits per heavy atom. The van der Waals surface area contributed by atoms with Crippen LogP contribution in [0.1, 0.15) is 30.3 Å². The lowest BCUT2D eigenvalue weighted by Gasteiger charge is -2.12. The number of aromatic amines is 1. The number of H-pyrrole nitrogens is 1. The first-order valence-corrected chi connectivity index (χ1v) is 8.17. The molecule has 1 aromatic heterocycles. The summed E-state index contributed by atoms with van der Waals surface area (Å²) in [5.41, 5.74) is 1.14. The van der Waals surface area contributed by atoms with E-state index in [9.17, 15) is 10.1 Å². The molecule has 0 spiro atoms. The molecule has 132 valence electrons.